The molecular weight excluding hydrogens is 292 g/mol. The molecule has 0 bridgehead atoms. The molecule has 1 aliphatic rings. The molecule has 1 aliphatic heterocycles. The number of carbonyl (C=O) groups is 2. The fourth-order valence-electron chi connectivity index (χ4n) is 2.82. The summed E-state index contributed by atoms with van der Waals surface area (Å²) in [6.45, 7) is 3.33. The zero-order valence-electron chi connectivity index (χ0n) is 13.1. The van der Waals surface area contributed by atoms with Crippen LogP contribution in [-0.4, -0.2) is 34.7 Å². The molecule has 23 heavy (non-hydrogen) atoms. The topological polar surface area (TPSA) is 67.2 Å². The lowest BCUT2D eigenvalue weighted by molar-refractivity contribution is -0.138. The summed E-state index contributed by atoms with van der Waals surface area (Å²) in [5.41, 5.74) is -0.162. The van der Waals surface area contributed by atoms with Crippen LogP contribution in [0.4, 0.5) is 5.69 Å². The van der Waals surface area contributed by atoms with E-state index in [4.69, 9.17) is 0 Å². The second kappa shape index (κ2) is 6.24. The van der Waals surface area contributed by atoms with Gasteiger partial charge >= 0.3 is 0 Å². The van der Waals surface area contributed by atoms with E-state index in [-0.39, 0.29) is 11.8 Å². The molecule has 1 aromatic heterocycles. The summed E-state index contributed by atoms with van der Waals surface area (Å²) in [7, 11) is 0. The van der Waals surface area contributed by atoms with Crippen molar-refractivity contribution in [1.82, 2.24) is 15.1 Å². The molecule has 0 spiro atoms. The molecule has 2 amide bonds. The number of para-hydroxylation sites is 1. The summed E-state index contributed by atoms with van der Waals surface area (Å²) in [5.74, 6) is -0.353. The molecule has 120 valence electrons. The maximum absolute atomic E-state index is 12.7. The Kier molecular flexibility index (Phi) is 4.14. The van der Waals surface area contributed by atoms with Crippen LogP contribution in [0.3, 0.4) is 0 Å². The van der Waals surface area contributed by atoms with Crippen LogP contribution in [-0.2, 0) is 16.1 Å². The van der Waals surface area contributed by atoms with Gasteiger partial charge in [0.25, 0.3) is 0 Å². The third-order valence-electron chi connectivity index (χ3n) is 4.31. The largest absolute Gasteiger partial charge is 0.353 e. The summed E-state index contributed by atoms with van der Waals surface area (Å²) < 4.78 is 1.75. The Hall–Kier alpha value is -2.63. The van der Waals surface area contributed by atoms with E-state index in [1.54, 1.807) is 22.7 Å². The number of amides is 2. The van der Waals surface area contributed by atoms with E-state index in [2.05, 4.69) is 10.4 Å². The molecule has 0 saturated carbocycles. The van der Waals surface area contributed by atoms with E-state index >= 15 is 0 Å². The highest BCUT2D eigenvalue weighted by atomic mass is 16.2. The highest BCUT2D eigenvalue weighted by Crippen LogP contribution is 2.34. The first-order valence-corrected chi connectivity index (χ1v) is 7.74. The van der Waals surface area contributed by atoms with Gasteiger partial charge in [0.2, 0.25) is 11.8 Å². The SMILES string of the molecule is CC1(C(=O)NCCn2cccn2)CCN(c2ccccc2)C1=O. The van der Waals surface area contributed by atoms with Crippen molar-refractivity contribution in [2.75, 3.05) is 18.0 Å². The molecule has 2 aromatic rings. The quantitative estimate of drug-likeness (QED) is 0.850. The summed E-state index contributed by atoms with van der Waals surface area (Å²) in [5, 5.41) is 6.94. The van der Waals surface area contributed by atoms with Gasteiger partial charge in [0, 0.05) is 31.2 Å². The van der Waals surface area contributed by atoms with E-state index in [1.165, 1.54) is 0 Å². The first-order valence-electron chi connectivity index (χ1n) is 7.74. The average molecular weight is 312 g/mol. The molecule has 1 N–H and O–H groups in total. The van der Waals surface area contributed by atoms with Gasteiger partial charge in [-0.05, 0) is 31.5 Å². The molecular formula is C17H20N4O2. The monoisotopic (exact) mass is 312 g/mol. The highest BCUT2D eigenvalue weighted by molar-refractivity contribution is 6.13. The first kappa shape index (κ1) is 15.3. The highest BCUT2D eigenvalue weighted by Gasteiger charge is 2.48. The molecule has 0 radical (unpaired) electrons. The van der Waals surface area contributed by atoms with E-state index in [1.807, 2.05) is 42.6 Å². The number of aromatic nitrogens is 2. The van der Waals surface area contributed by atoms with Crippen molar-refractivity contribution in [3.05, 3.63) is 48.8 Å². The van der Waals surface area contributed by atoms with Crippen molar-refractivity contribution in [3.63, 3.8) is 0 Å². The van der Waals surface area contributed by atoms with Gasteiger partial charge in [-0.2, -0.15) is 5.10 Å². The molecule has 3 rings (SSSR count). The minimum atomic E-state index is -1.00. The number of carbonyl (C=O) groups excluding carboxylic acids is 2. The van der Waals surface area contributed by atoms with Crippen LogP contribution in [0.5, 0.6) is 0 Å². The van der Waals surface area contributed by atoms with Crippen molar-refractivity contribution in [2.45, 2.75) is 19.9 Å². The predicted octanol–water partition coefficient (Wildman–Crippen LogP) is 1.44. The van der Waals surface area contributed by atoms with Crippen molar-refractivity contribution < 1.29 is 9.59 Å². The minimum Gasteiger partial charge on any atom is -0.353 e. The number of nitrogens with one attached hydrogen (secondary N) is 1. The van der Waals surface area contributed by atoms with Gasteiger partial charge in [0.05, 0.1) is 6.54 Å². The second-order valence-corrected chi connectivity index (χ2v) is 5.90. The lowest BCUT2D eigenvalue weighted by Crippen LogP contribution is -2.45. The van der Waals surface area contributed by atoms with Gasteiger partial charge in [-0.1, -0.05) is 18.2 Å². The predicted molar refractivity (Wildman–Crippen MR) is 86.8 cm³/mol. The molecule has 6 heteroatoms. The Balaban J connectivity index is 1.62. The van der Waals surface area contributed by atoms with E-state index in [0.717, 1.165) is 5.69 Å². The standard InChI is InChI=1S/C17H20N4O2/c1-17(15(22)18-10-13-20-11-5-9-19-20)8-12-21(16(17)23)14-6-3-2-4-7-14/h2-7,9,11H,8,10,12-13H2,1H3,(H,18,22). The van der Waals surface area contributed by atoms with Crippen LogP contribution in [0, 0.1) is 5.41 Å². The van der Waals surface area contributed by atoms with Gasteiger partial charge in [-0.25, -0.2) is 0 Å². The Morgan fingerprint density at radius 3 is 2.78 bits per heavy atom. The Labute approximate surface area is 135 Å². The number of anilines is 1. The van der Waals surface area contributed by atoms with Gasteiger partial charge < -0.3 is 10.2 Å². The van der Waals surface area contributed by atoms with Crippen LogP contribution in [0.25, 0.3) is 0 Å². The lowest BCUT2D eigenvalue weighted by Gasteiger charge is -2.22. The average Bonchev–Trinajstić information content (AvgIpc) is 3.18. The Bertz CT molecular complexity index is 684. The number of hydrogen-bond donors (Lipinski definition) is 1. The Morgan fingerprint density at radius 1 is 1.30 bits per heavy atom. The smallest absolute Gasteiger partial charge is 0.242 e. The Morgan fingerprint density at radius 2 is 2.09 bits per heavy atom. The minimum absolute atomic E-state index is 0.139. The maximum atomic E-state index is 12.7. The van der Waals surface area contributed by atoms with Gasteiger partial charge in [0.1, 0.15) is 5.41 Å². The van der Waals surface area contributed by atoms with Crippen LogP contribution in [0.15, 0.2) is 48.8 Å². The van der Waals surface area contributed by atoms with Crippen LogP contribution in [0.2, 0.25) is 0 Å². The summed E-state index contributed by atoms with van der Waals surface area (Å²) in [4.78, 5) is 26.9. The van der Waals surface area contributed by atoms with Crippen molar-refractivity contribution in [2.24, 2.45) is 5.41 Å². The second-order valence-electron chi connectivity index (χ2n) is 5.90. The number of benzene rings is 1. The zero-order valence-corrected chi connectivity index (χ0v) is 13.1. The lowest BCUT2D eigenvalue weighted by atomic mass is 9.88. The number of hydrogen-bond acceptors (Lipinski definition) is 3. The molecule has 1 atom stereocenters. The van der Waals surface area contributed by atoms with Crippen molar-refractivity contribution >= 4 is 17.5 Å². The molecule has 1 fully saturated rings. The van der Waals surface area contributed by atoms with Crippen molar-refractivity contribution in [3.8, 4) is 0 Å². The molecule has 2 heterocycles. The van der Waals surface area contributed by atoms with Gasteiger partial charge in [-0.3, -0.25) is 14.3 Å². The molecule has 1 unspecified atom stereocenters. The zero-order chi connectivity index (χ0) is 16.3. The fraction of sp³-hybridized carbons (Fsp3) is 0.353. The summed E-state index contributed by atoms with van der Waals surface area (Å²) in [6.07, 6.45) is 4.06. The van der Waals surface area contributed by atoms with E-state index in [0.29, 0.717) is 26.1 Å². The third-order valence-corrected chi connectivity index (χ3v) is 4.31. The molecule has 0 aliphatic carbocycles. The summed E-state index contributed by atoms with van der Waals surface area (Å²) in [6, 6.07) is 11.3. The number of nitrogens with zero attached hydrogens (tertiary/aromatic N) is 3. The van der Waals surface area contributed by atoms with E-state index < -0.39 is 5.41 Å². The summed E-state index contributed by atoms with van der Waals surface area (Å²) >= 11 is 0. The van der Waals surface area contributed by atoms with E-state index in [9.17, 15) is 9.59 Å². The molecule has 1 aromatic carbocycles. The van der Waals surface area contributed by atoms with Gasteiger partial charge in [0.15, 0.2) is 0 Å². The first-order chi connectivity index (χ1) is 11.1. The van der Waals surface area contributed by atoms with Crippen molar-refractivity contribution in [1.29, 1.82) is 0 Å². The number of rotatable bonds is 5. The van der Waals surface area contributed by atoms with Crippen LogP contribution in [0.1, 0.15) is 13.3 Å². The van der Waals surface area contributed by atoms with Crippen LogP contribution < -0.4 is 10.2 Å². The van der Waals surface area contributed by atoms with Gasteiger partial charge in [-0.15, -0.1) is 0 Å². The molecule has 1 saturated heterocycles. The normalized spacial score (nSPS) is 20.7. The van der Waals surface area contributed by atoms with Crippen LogP contribution >= 0.6 is 0 Å². The fourth-order valence-corrected chi connectivity index (χ4v) is 2.82. The molecule has 6 nitrogen and oxygen atoms in total. The third kappa shape index (κ3) is 2.97. The maximum Gasteiger partial charge on any atom is 0.242 e.